The van der Waals surface area contributed by atoms with Crippen LogP contribution < -0.4 is 19.5 Å². The minimum absolute atomic E-state index is 0.0388. The van der Waals surface area contributed by atoms with Crippen molar-refractivity contribution in [1.82, 2.24) is 15.0 Å². The van der Waals surface area contributed by atoms with Crippen molar-refractivity contribution < 1.29 is 23.5 Å². The van der Waals surface area contributed by atoms with Crippen molar-refractivity contribution in [2.24, 2.45) is 0 Å². The number of anilines is 1. The number of hydrogen-bond donors (Lipinski definition) is 1. The van der Waals surface area contributed by atoms with Crippen LogP contribution in [0.3, 0.4) is 0 Å². The van der Waals surface area contributed by atoms with Gasteiger partial charge in [0.15, 0.2) is 17.3 Å². The van der Waals surface area contributed by atoms with Gasteiger partial charge in [-0.2, -0.15) is 4.98 Å². The second-order valence-corrected chi connectivity index (χ2v) is 6.77. The molecule has 1 aliphatic heterocycles. The molecular weight excluding hydrogens is 388 g/mol. The summed E-state index contributed by atoms with van der Waals surface area (Å²) in [5.74, 6) is 2.52. The molecule has 2 heterocycles. The van der Waals surface area contributed by atoms with Crippen LogP contribution in [0.5, 0.6) is 17.2 Å². The normalized spacial score (nSPS) is 13.5. The molecule has 0 aliphatic carbocycles. The smallest absolute Gasteiger partial charge is 0.321 e. The van der Waals surface area contributed by atoms with Gasteiger partial charge in [-0.05, 0) is 12.1 Å². The Morgan fingerprint density at radius 1 is 1.07 bits per heavy atom. The van der Waals surface area contributed by atoms with Crippen LogP contribution in [0.2, 0.25) is 0 Å². The van der Waals surface area contributed by atoms with Crippen LogP contribution >= 0.6 is 0 Å². The maximum absolute atomic E-state index is 12.6. The second-order valence-electron chi connectivity index (χ2n) is 6.77. The third-order valence-electron chi connectivity index (χ3n) is 4.91. The zero-order valence-electron chi connectivity index (χ0n) is 16.9. The van der Waals surface area contributed by atoms with E-state index in [9.17, 15) is 4.79 Å². The number of methoxy groups -OCH3 is 3. The van der Waals surface area contributed by atoms with Gasteiger partial charge in [-0.1, -0.05) is 23.4 Å². The van der Waals surface area contributed by atoms with E-state index in [-0.39, 0.29) is 11.9 Å². The lowest BCUT2D eigenvalue weighted by Gasteiger charge is -2.37. The Morgan fingerprint density at radius 3 is 2.33 bits per heavy atom. The van der Waals surface area contributed by atoms with E-state index >= 15 is 0 Å². The topological polar surface area (TPSA) is 99.0 Å². The third-order valence-corrected chi connectivity index (χ3v) is 4.91. The van der Waals surface area contributed by atoms with Crippen LogP contribution in [0.15, 0.2) is 47.0 Å². The Bertz CT molecular complexity index is 1010. The summed E-state index contributed by atoms with van der Waals surface area (Å²) in [5, 5.41) is 6.92. The van der Waals surface area contributed by atoms with Crippen LogP contribution in [0.25, 0.3) is 11.5 Å². The van der Waals surface area contributed by atoms with Crippen molar-refractivity contribution in [2.45, 2.75) is 5.92 Å². The Morgan fingerprint density at radius 2 is 1.73 bits per heavy atom. The first-order chi connectivity index (χ1) is 14.6. The van der Waals surface area contributed by atoms with Gasteiger partial charge in [0, 0.05) is 30.8 Å². The van der Waals surface area contributed by atoms with Crippen molar-refractivity contribution in [2.75, 3.05) is 39.7 Å². The predicted octanol–water partition coefficient (Wildman–Crippen LogP) is 3.39. The molecule has 2 amide bonds. The molecule has 9 nitrogen and oxygen atoms in total. The summed E-state index contributed by atoms with van der Waals surface area (Å²) in [6.45, 7) is 1.01. The van der Waals surface area contributed by atoms with E-state index in [2.05, 4.69) is 15.5 Å². The molecular formula is C21H22N4O5. The average molecular weight is 410 g/mol. The van der Waals surface area contributed by atoms with Gasteiger partial charge in [0.1, 0.15) is 0 Å². The number of ether oxygens (including phenoxy) is 3. The molecule has 156 valence electrons. The Balaban J connectivity index is 1.39. The molecule has 0 bridgehead atoms. The number of hydrogen-bond acceptors (Lipinski definition) is 7. The van der Waals surface area contributed by atoms with Gasteiger partial charge in [0.25, 0.3) is 5.89 Å². The SMILES string of the molecule is COc1cc(NC(=O)N2CC(c3noc(-c4ccccc4)n3)C2)cc(OC)c1OC. The van der Waals surface area contributed by atoms with E-state index < -0.39 is 0 Å². The first-order valence-electron chi connectivity index (χ1n) is 9.38. The van der Waals surface area contributed by atoms with Crippen LogP contribution in [0.4, 0.5) is 10.5 Å². The molecule has 4 rings (SSSR count). The summed E-state index contributed by atoms with van der Waals surface area (Å²) in [5.41, 5.74) is 1.41. The van der Waals surface area contributed by atoms with Crippen molar-refractivity contribution in [3.8, 4) is 28.7 Å². The van der Waals surface area contributed by atoms with Crippen LogP contribution in [-0.2, 0) is 0 Å². The van der Waals surface area contributed by atoms with E-state index in [0.29, 0.717) is 47.7 Å². The summed E-state index contributed by atoms with van der Waals surface area (Å²) < 4.78 is 21.3. The summed E-state index contributed by atoms with van der Waals surface area (Å²) in [7, 11) is 4.58. The molecule has 1 saturated heterocycles. The summed E-state index contributed by atoms with van der Waals surface area (Å²) in [6, 6.07) is 12.7. The van der Waals surface area contributed by atoms with Gasteiger partial charge in [0.05, 0.1) is 32.9 Å². The fourth-order valence-corrected chi connectivity index (χ4v) is 3.26. The molecule has 30 heavy (non-hydrogen) atoms. The Labute approximate surface area is 173 Å². The fourth-order valence-electron chi connectivity index (χ4n) is 3.26. The van der Waals surface area contributed by atoms with E-state index in [1.165, 1.54) is 21.3 Å². The first-order valence-corrected chi connectivity index (χ1v) is 9.38. The number of rotatable bonds is 6. The molecule has 0 atom stereocenters. The number of urea groups is 1. The summed E-state index contributed by atoms with van der Waals surface area (Å²) in [6.07, 6.45) is 0. The minimum atomic E-state index is -0.229. The van der Waals surface area contributed by atoms with Crippen LogP contribution in [0.1, 0.15) is 11.7 Å². The maximum atomic E-state index is 12.6. The highest BCUT2D eigenvalue weighted by Crippen LogP contribution is 2.40. The molecule has 2 aromatic carbocycles. The number of nitrogens with one attached hydrogen (secondary N) is 1. The summed E-state index contributed by atoms with van der Waals surface area (Å²) in [4.78, 5) is 18.7. The standard InChI is InChI=1S/C21H22N4O5/c1-27-16-9-15(10-17(28-2)18(16)29-3)22-21(26)25-11-14(12-25)19-23-20(30-24-19)13-7-5-4-6-8-13/h4-10,14H,11-12H2,1-3H3,(H,22,26). The molecule has 0 saturated carbocycles. The van der Waals surface area contributed by atoms with Crippen LogP contribution in [0, 0.1) is 0 Å². The molecule has 1 fully saturated rings. The Hall–Kier alpha value is -3.75. The second kappa shape index (κ2) is 8.32. The number of amides is 2. The van der Waals surface area contributed by atoms with Gasteiger partial charge in [-0.3, -0.25) is 0 Å². The number of benzene rings is 2. The highest BCUT2D eigenvalue weighted by Gasteiger charge is 2.35. The number of likely N-dealkylation sites (tertiary alicyclic amines) is 1. The average Bonchev–Trinajstić information content (AvgIpc) is 3.22. The molecule has 0 spiro atoms. The largest absolute Gasteiger partial charge is 0.493 e. The fraction of sp³-hybridized carbons (Fsp3) is 0.286. The van der Waals surface area contributed by atoms with Gasteiger partial charge in [0.2, 0.25) is 5.75 Å². The molecule has 0 unspecified atom stereocenters. The lowest BCUT2D eigenvalue weighted by Crippen LogP contribution is -2.50. The molecule has 1 aliphatic rings. The van der Waals surface area contributed by atoms with Crippen molar-refractivity contribution in [3.63, 3.8) is 0 Å². The first kappa shape index (κ1) is 19.6. The highest BCUT2D eigenvalue weighted by atomic mass is 16.5. The van der Waals surface area contributed by atoms with Gasteiger partial charge in [-0.15, -0.1) is 0 Å². The van der Waals surface area contributed by atoms with Crippen molar-refractivity contribution >= 4 is 11.7 Å². The van der Waals surface area contributed by atoms with E-state index in [4.69, 9.17) is 18.7 Å². The van der Waals surface area contributed by atoms with E-state index in [1.807, 2.05) is 30.3 Å². The number of carbonyl (C=O) groups excluding carboxylic acids is 1. The molecule has 1 aromatic heterocycles. The van der Waals surface area contributed by atoms with E-state index in [0.717, 1.165) is 5.56 Å². The highest BCUT2D eigenvalue weighted by molar-refractivity contribution is 5.91. The monoisotopic (exact) mass is 410 g/mol. The minimum Gasteiger partial charge on any atom is -0.493 e. The number of aromatic nitrogens is 2. The zero-order chi connectivity index (χ0) is 21.1. The van der Waals surface area contributed by atoms with E-state index in [1.54, 1.807) is 17.0 Å². The number of nitrogens with zero attached hydrogens (tertiary/aromatic N) is 3. The lowest BCUT2D eigenvalue weighted by atomic mass is 10.00. The quantitative estimate of drug-likeness (QED) is 0.665. The van der Waals surface area contributed by atoms with Gasteiger partial charge >= 0.3 is 6.03 Å². The molecule has 1 N–H and O–H groups in total. The maximum Gasteiger partial charge on any atom is 0.321 e. The van der Waals surface area contributed by atoms with Crippen molar-refractivity contribution in [1.29, 1.82) is 0 Å². The van der Waals surface area contributed by atoms with Gasteiger partial charge < -0.3 is 29.0 Å². The zero-order valence-corrected chi connectivity index (χ0v) is 16.9. The predicted molar refractivity (Wildman–Crippen MR) is 109 cm³/mol. The Kier molecular flexibility index (Phi) is 5.42. The van der Waals surface area contributed by atoms with Crippen LogP contribution in [-0.4, -0.2) is 55.5 Å². The van der Waals surface area contributed by atoms with Gasteiger partial charge in [-0.25, -0.2) is 4.79 Å². The molecule has 0 radical (unpaired) electrons. The van der Waals surface area contributed by atoms with Crippen molar-refractivity contribution in [3.05, 3.63) is 48.3 Å². The number of carbonyl (C=O) groups is 1. The lowest BCUT2D eigenvalue weighted by molar-refractivity contribution is 0.159. The third kappa shape index (κ3) is 3.73. The summed E-state index contributed by atoms with van der Waals surface area (Å²) >= 11 is 0. The molecule has 9 heteroatoms. The molecule has 3 aromatic rings.